The molecule has 0 unspecified atom stereocenters. The molecule has 1 aromatic carbocycles. The second kappa shape index (κ2) is 6.45. The molecule has 0 aromatic heterocycles. The fraction of sp³-hybridized carbons (Fsp3) is 0.429. The summed E-state index contributed by atoms with van der Waals surface area (Å²) < 4.78 is 0. The molecule has 0 bridgehead atoms. The first-order chi connectivity index (χ1) is 9.97. The lowest BCUT2D eigenvalue weighted by Gasteiger charge is -2.29. The lowest BCUT2D eigenvalue weighted by atomic mass is 9.97. The van der Waals surface area contributed by atoms with Gasteiger partial charge in [-0.1, -0.05) is 0 Å². The lowest BCUT2D eigenvalue weighted by Crippen LogP contribution is -3.14. The maximum atomic E-state index is 12.1. The van der Waals surface area contributed by atoms with E-state index < -0.39 is 16.8 Å². The summed E-state index contributed by atoms with van der Waals surface area (Å²) in [5.74, 6) is -1.52. The lowest BCUT2D eigenvalue weighted by molar-refractivity contribution is -0.897. The summed E-state index contributed by atoms with van der Waals surface area (Å²) in [4.78, 5) is 33.9. The van der Waals surface area contributed by atoms with Gasteiger partial charge in [0.15, 0.2) is 0 Å². The number of non-ortho nitro benzene ring substituents is 1. The molecule has 1 heterocycles. The fourth-order valence-electron chi connectivity index (χ4n) is 2.54. The van der Waals surface area contributed by atoms with Crippen LogP contribution in [-0.2, 0) is 4.79 Å². The van der Waals surface area contributed by atoms with Crippen molar-refractivity contribution < 1.29 is 24.5 Å². The van der Waals surface area contributed by atoms with E-state index in [9.17, 15) is 24.8 Å². The number of carboxylic acids is 1. The minimum Gasteiger partial charge on any atom is -0.550 e. The van der Waals surface area contributed by atoms with Crippen LogP contribution in [0, 0.1) is 16.0 Å². The Morgan fingerprint density at radius 2 is 1.76 bits per heavy atom. The van der Waals surface area contributed by atoms with Gasteiger partial charge in [-0.05, 0) is 12.1 Å². The van der Waals surface area contributed by atoms with E-state index in [0.29, 0.717) is 31.5 Å². The summed E-state index contributed by atoms with van der Waals surface area (Å²) in [6.07, 6.45) is 1.04. The van der Waals surface area contributed by atoms with Crippen LogP contribution in [0.5, 0.6) is 0 Å². The highest BCUT2D eigenvalue weighted by Gasteiger charge is 2.25. The number of likely N-dealkylation sites (tertiary alicyclic amines) is 1. The van der Waals surface area contributed by atoms with Crippen molar-refractivity contribution in [3.05, 3.63) is 39.9 Å². The second-order valence-corrected chi connectivity index (χ2v) is 5.25. The van der Waals surface area contributed by atoms with Gasteiger partial charge in [-0.3, -0.25) is 14.9 Å². The molecule has 2 rings (SSSR count). The summed E-state index contributed by atoms with van der Waals surface area (Å²) in [7, 11) is 0. The highest BCUT2D eigenvalue weighted by molar-refractivity contribution is 5.97. The Hall–Kier alpha value is -2.28. The van der Waals surface area contributed by atoms with Crippen LogP contribution in [0.4, 0.5) is 5.69 Å². The number of nitrogens with zero attached hydrogens (tertiary/aromatic N) is 1. The van der Waals surface area contributed by atoms with Gasteiger partial charge in [0, 0.05) is 42.4 Å². The summed E-state index contributed by atoms with van der Waals surface area (Å²) in [5.41, 5.74) is 0.392. The molecule has 0 spiro atoms. The van der Waals surface area contributed by atoms with Crippen LogP contribution in [0.1, 0.15) is 23.2 Å². The number of piperidine rings is 1. The molecular weight excluding hydrogens is 276 g/mol. The molecular formula is C14H16N2O5. The number of carbonyl (C=O) groups excluding carboxylic acids is 2. The topological polar surface area (TPSA) is 105 Å². The number of benzene rings is 1. The predicted octanol–water partition coefficient (Wildman–Crippen LogP) is -1.18. The van der Waals surface area contributed by atoms with Gasteiger partial charge in [0.25, 0.3) is 5.69 Å². The van der Waals surface area contributed by atoms with Crippen molar-refractivity contribution in [2.75, 3.05) is 19.6 Å². The van der Waals surface area contributed by atoms with E-state index in [1.807, 2.05) is 0 Å². The van der Waals surface area contributed by atoms with Crippen molar-refractivity contribution in [3.8, 4) is 0 Å². The molecule has 0 aliphatic carbocycles. The molecule has 0 radical (unpaired) electrons. The number of quaternary nitrogens is 1. The quantitative estimate of drug-likeness (QED) is 0.418. The van der Waals surface area contributed by atoms with Gasteiger partial charge < -0.3 is 14.8 Å². The van der Waals surface area contributed by atoms with Gasteiger partial charge in [-0.25, -0.2) is 0 Å². The van der Waals surface area contributed by atoms with E-state index in [1.54, 1.807) is 0 Å². The van der Waals surface area contributed by atoms with Crippen molar-refractivity contribution in [2.45, 2.75) is 12.8 Å². The van der Waals surface area contributed by atoms with E-state index in [4.69, 9.17) is 0 Å². The van der Waals surface area contributed by atoms with Gasteiger partial charge in [0.05, 0.1) is 18.0 Å². The minimum absolute atomic E-state index is 0.0475. The highest BCUT2D eigenvalue weighted by Crippen LogP contribution is 2.12. The highest BCUT2D eigenvalue weighted by atomic mass is 16.6. The van der Waals surface area contributed by atoms with Crippen LogP contribution in [0.15, 0.2) is 24.3 Å². The number of hydrogen-bond donors (Lipinski definition) is 1. The summed E-state index contributed by atoms with van der Waals surface area (Å²) in [6, 6.07) is 5.53. The Morgan fingerprint density at radius 1 is 1.19 bits per heavy atom. The number of Topliss-reactive ketones (excluding diaryl/α,β-unsaturated/α-hetero) is 1. The van der Waals surface area contributed by atoms with Crippen LogP contribution >= 0.6 is 0 Å². The van der Waals surface area contributed by atoms with E-state index in [2.05, 4.69) is 0 Å². The number of nitro groups is 1. The Labute approximate surface area is 121 Å². The van der Waals surface area contributed by atoms with Gasteiger partial charge in [0.1, 0.15) is 6.54 Å². The zero-order valence-corrected chi connectivity index (χ0v) is 11.4. The molecule has 7 nitrogen and oxygen atoms in total. The summed E-state index contributed by atoms with van der Waals surface area (Å²) in [6.45, 7) is 1.52. The summed E-state index contributed by atoms with van der Waals surface area (Å²) in [5, 5.41) is 21.3. The Balaban J connectivity index is 1.90. The monoisotopic (exact) mass is 292 g/mol. The number of nitrogens with one attached hydrogen (secondary N) is 1. The fourth-order valence-corrected chi connectivity index (χ4v) is 2.54. The molecule has 0 saturated carbocycles. The van der Waals surface area contributed by atoms with Crippen LogP contribution in [0.2, 0.25) is 0 Å². The maximum Gasteiger partial charge on any atom is 0.269 e. The first kappa shape index (κ1) is 15.1. The van der Waals surface area contributed by atoms with Crippen molar-refractivity contribution in [1.82, 2.24) is 0 Å². The average Bonchev–Trinajstić information content (AvgIpc) is 2.47. The normalized spacial score (nSPS) is 21.7. The van der Waals surface area contributed by atoms with Crippen LogP contribution in [0.25, 0.3) is 0 Å². The Kier molecular flexibility index (Phi) is 4.64. The number of aliphatic carboxylic acids is 1. The predicted molar refractivity (Wildman–Crippen MR) is 70.7 cm³/mol. The summed E-state index contributed by atoms with van der Waals surface area (Å²) >= 11 is 0. The third-order valence-corrected chi connectivity index (χ3v) is 3.84. The standard InChI is InChI=1S/C14H16N2O5/c17-13(10-1-3-12(4-2-10)16(20)21)9-15-7-5-11(6-8-15)14(18)19/h1-4,11H,5-9H2,(H,18,19). The number of ketones is 1. The number of rotatable bonds is 5. The van der Waals surface area contributed by atoms with Gasteiger partial charge >= 0.3 is 0 Å². The van der Waals surface area contributed by atoms with Crippen molar-refractivity contribution in [1.29, 1.82) is 0 Å². The van der Waals surface area contributed by atoms with E-state index in [-0.39, 0.29) is 18.0 Å². The smallest absolute Gasteiger partial charge is 0.269 e. The Bertz CT molecular complexity index is 547. The largest absolute Gasteiger partial charge is 0.550 e. The van der Waals surface area contributed by atoms with Crippen molar-refractivity contribution >= 4 is 17.4 Å². The molecule has 1 saturated heterocycles. The molecule has 1 aromatic rings. The minimum atomic E-state index is -1.02. The number of carboxylic acid groups (broad SMARTS) is 1. The molecule has 7 heteroatoms. The average molecular weight is 292 g/mol. The zero-order valence-electron chi connectivity index (χ0n) is 11.4. The number of nitro benzene ring substituents is 1. The number of hydrogen-bond acceptors (Lipinski definition) is 5. The SMILES string of the molecule is O=C(C[NH+]1CCC(C(=O)[O-])CC1)c1ccc([N+](=O)[O-])cc1. The van der Waals surface area contributed by atoms with Crippen LogP contribution in [-0.4, -0.2) is 36.3 Å². The van der Waals surface area contributed by atoms with Crippen molar-refractivity contribution in [3.63, 3.8) is 0 Å². The Morgan fingerprint density at radius 3 is 2.24 bits per heavy atom. The van der Waals surface area contributed by atoms with Crippen molar-refractivity contribution in [2.24, 2.45) is 5.92 Å². The second-order valence-electron chi connectivity index (χ2n) is 5.25. The first-order valence-electron chi connectivity index (χ1n) is 6.79. The molecule has 1 aliphatic heterocycles. The molecule has 112 valence electrons. The third-order valence-electron chi connectivity index (χ3n) is 3.84. The van der Waals surface area contributed by atoms with E-state index >= 15 is 0 Å². The zero-order chi connectivity index (χ0) is 15.4. The first-order valence-corrected chi connectivity index (χ1v) is 6.79. The maximum absolute atomic E-state index is 12.1. The molecule has 1 aliphatic rings. The van der Waals surface area contributed by atoms with E-state index in [0.717, 1.165) is 4.90 Å². The van der Waals surface area contributed by atoms with E-state index in [1.165, 1.54) is 24.3 Å². The third kappa shape index (κ3) is 3.85. The van der Waals surface area contributed by atoms with Crippen LogP contribution in [0.3, 0.4) is 0 Å². The molecule has 1 fully saturated rings. The van der Waals surface area contributed by atoms with Gasteiger partial charge in [-0.15, -0.1) is 0 Å². The molecule has 1 N–H and O–H groups in total. The molecule has 21 heavy (non-hydrogen) atoms. The molecule has 0 amide bonds. The van der Waals surface area contributed by atoms with Gasteiger partial charge in [-0.2, -0.15) is 0 Å². The van der Waals surface area contributed by atoms with Gasteiger partial charge in [0.2, 0.25) is 5.78 Å². The number of carbonyl (C=O) groups is 2. The molecule has 0 atom stereocenters. The van der Waals surface area contributed by atoms with Crippen LogP contribution < -0.4 is 10.0 Å².